The van der Waals surface area contributed by atoms with Crippen molar-refractivity contribution in [3.63, 3.8) is 0 Å². The molecule has 4 heteroatoms. The van der Waals surface area contributed by atoms with E-state index in [4.69, 9.17) is 5.73 Å². The molecule has 0 aromatic heterocycles. The van der Waals surface area contributed by atoms with Gasteiger partial charge in [-0.05, 0) is 31.5 Å². The van der Waals surface area contributed by atoms with Crippen molar-refractivity contribution in [3.05, 3.63) is 28.2 Å². The van der Waals surface area contributed by atoms with Crippen LogP contribution in [-0.2, 0) is 0 Å². The molecule has 90 valence electrons. The Balaban J connectivity index is 2.81. The highest BCUT2D eigenvalue weighted by Gasteiger charge is 2.12. The molecule has 1 aromatic rings. The van der Waals surface area contributed by atoms with Gasteiger partial charge in [-0.25, -0.2) is 0 Å². The number of halogens is 1. The summed E-state index contributed by atoms with van der Waals surface area (Å²) in [6, 6.07) is 6.17. The lowest BCUT2D eigenvalue weighted by Gasteiger charge is -2.15. The van der Waals surface area contributed by atoms with Crippen LogP contribution in [0.15, 0.2) is 27.6 Å². The molecule has 0 saturated heterocycles. The molecule has 0 bridgehead atoms. The Labute approximate surface area is 110 Å². The van der Waals surface area contributed by atoms with Crippen LogP contribution >= 0.6 is 27.7 Å². The van der Waals surface area contributed by atoms with Crippen molar-refractivity contribution in [2.24, 2.45) is 5.73 Å². The highest BCUT2D eigenvalue weighted by atomic mass is 79.9. The number of hydrogen-bond donors (Lipinski definition) is 2. The van der Waals surface area contributed by atoms with Gasteiger partial charge in [-0.3, -0.25) is 0 Å². The van der Waals surface area contributed by atoms with E-state index in [0.29, 0.717) is 0 Å². The van der Waals surface area contributed by atoms with Gasteiger partial charge in [-0.15, -0.1) is 11.8 Å². The van der Waals surface area contributed by atoms with Crippen LogP contribution in [0.2, 0.25) is 0 Å². The summed E-state index contributed by atoms with van der Waals surface area (Å²) in [5.74, 6) is 0. The molecule has 0 saturated carbocycles. The van der Waals surface area contributed by atoms with Crippen molar-refractivity contribution in [2.75, 3.05) is 0 Å². The Morgan fingerprint density at radius 2 is 1.94 bits per heavy atom. The molecule has 0 aliphatic rings. The molecule has 3 N–H and O–H groups in total. The summed E-state index contributed by atoms with van der Waals surface area (Å²) in [4.78, 5) is 1.14. The fourth-order valence-corrected chi connectivity index (χ4v) is 3.11. The van der Waals surface area contributed by atoms with Crippen LogP contribution in [-0.4, -0.2) is 16.5 Å². The average molecular weight is 304 g/mol. The Hall–Kier alpha value is -0.0300. The number of hydrogen-bond acceptors (Lipinski definition) is 3. The number of aliphatic hydroxyl groups excluding tert-OH is 1. The first-order valence-electron chi connectivity index (χ1n) is 5.31. The first kappa shape index (κ1) is 14.0. The van der Waals surface area contributed by atoms with Crippen LogP contribution < -0.4 is 5.73 Å². The molecular formula is C12H18BrNOS. The van der Waals surface area contributed by atoms with Crippen LogP contribution in [0.4, 0.5) is 0 Å². The maximum absolute atomic E-state index is 9.44. The quantitative estimate of drug-likeness (QED) is 0.839. The highest BCUT2D eigenvalue weighted by Crippen LogP contribution is 2.31. The number of nitrogens with two attached hydrogens (primary N) is 1. The molecule has 16 heavy (non-hydrogen) atoms. The second-order valence-corrected chi connectivity index (χ2v) is 6.34. The summed E-state index contributed by atoms with van der Waals surface area (Å²) >= 11 is 5.18. The molecule has 0 radical (unpaired) electrons. The van der Waals surface area contributed by atoms with Crippen LogP contribution in [0.1, 0.15) is 32.4 Å². The molecule has 0 fully saturated rings. The number of aliphatic hydroxyl groups is 1. The van der Waals surface area contributed by atoms with E-state index in [0.717, 1.165) is 14.9 Å². The second kappa shape index (κ2) is 6.05. The summed E-state index contributed by atoms with van der Waals surface area (Å²) < 4.78 is 1.03. The lowest BCUT2D eigenvalue weighted by atomic mass is 10.1. The lowest BCUT2D eigenvalue weighted by Crippen LogP contribution is -2.14. The Kier molecular flexibility index (Phi) is 5.31. The van der Waals surface area contributed by atoms with Gasteiger partial charge in [0.2, 0.25) is 0 Å². The zero-order valence-electron chi connectivity index (χ0n) is 9.77. The third-order valence-electron chi connectivity index (χ3n) is 2.46. The summed E-state index contributed by atoms with van der Waals surface area (Å²) in [7, 11) is 0. The van der Waals surface area contributed by atoms with Gasteiger partial charge in [0.15, 0.2) is 0 Å². The van der Waals surface area contributed by atoms with E-state index in [1.54, 1.807) is 11.8 Å². The van der Waals surface area contributed by atoms with Crippen LogP contribution in [0.3, 0.4) is 0 Å². The van der Waals surface area contributed by atoms with Crippen LogP contribution in [0, 0.1) is 0 Å². The molecule has 3 atom stereocenters. The highest BCUT2D eigenvalue weighted by molar-refractivity contribution is 9.10. The fourth-order valence-electron chi connectivity index (χ4n) is 1.26. The predicted molar refractivity (Wildman–Crippen MR) is 73.7 cm³/mol. The third-order valence-corrected chi connectivity index (χ3v) is 4.44. The van der Waals surface area contributed by atoms with Crippen LogP contribution in [0.25, 0.3) is 0 Å². The van der Waals surface area contributed by atoms with Crippen LogP contribution in [0.5, 0.6) is 0 Å². The first-order chi connectivity index (χ1) is 7.41. The topological polar surface area (TPSA) is 46.2 Å². The zero-order valence-corrected chi connectivity index (χ0v) is 12.2. The molecule has 1 aromatic carbocycles. The molecule has 0 amide bonds. The lowest BCUT2D eigenvalue weighted by molar-refractivity contribution is 0.196. The van der Waals surface area contributed by atoms with Gasteiger partial charge in [0.1, 0.15) is 0 Å². The molecule has 2 nitrogen and oxygen atoms in total. The minimum atomic E-state index is -0.308. The molecule has 0 aliphatic heterocycles. The second-order valence-electron chi connectivity index (χ2n) is 4.04. The van der Waals surface area contributed by atoms with E-state index in [1.165, 1.54) is 0 Å². The van der Waals surface area contributed by atoms with Crippen molar-refractivity contribution in [1.29, 1.82) is 0 Å². The Bertz CT molecular complexity index is 355. The Morgan fingerprint density at radius 1 is 1.31 bits per heavy atom. The molecule has 0 spiro atoms. The monoisotopic (exact) mass is 303 g/mol. The van der Waals surface area contributed by atoms with Gasteiger partial charge >= 0.3 is 0 Å². The standard InChI is InChI=1S/C12H18BrNOS/c1-7(14)11-5-4-10(6-12(11)13)16-9(3)8(2)15/h4-9,15H,14H2,1-3H3/t7-,8?,9?/m1/s1. The first-order valence-corrected chi connectivity index (χ1v) is 6.99. The zero-order chi connectivity index (χ0) is 12.3. The molecular weight excluding hydrogens is 286 g/mol. The molecule has 0 aliphatic carbocycles. The van der Waals surface area contributed by atoms with Crippen molar-refractivity contribution in [2.45, 2.75) is 43.1 Å². The summed E-state index contributed by atoms with van der Waals surface area (Å²) in [5.41, 5.74) is 6.94. The average Bonchev–Trinajstić information content (AvgIpc) is 2.16. The maximum atomic E-state index is 9.44. The SMILES string of the molecule is CC(O)C(C)Sc1ccc([C@@H](C)N)c(Br)c1. The normalized spacial score (nSPS) is 16.9. The summed E-state index contributed by atoms with van der Waals surface area (Å²) in [6.45, 7) is 5.79. The molecule has 2 unspecified atom stereocenters. The van der Waals surface area contributed by atoms with E-state index in [-0.39, 0.29) is 17.4 Å². The minimum Gasteiger partial charge on any atom is -0.392 e. The minimum absolute atomic E-state index is 0.0302. The molecule has 0 heterocycles. The summed E-state index contributed by atoms with van der Waals surface area (Å²) in [5, 5.41) is 9.63. The Morgan fingerprint density at radius 3 is 2.38 bits per heavy atom. The summed E-state index contributed by atoms with van der Waals surface area (Å²) in [6.07, 6.45) is -0.308. The van der Waals surface area contributed by atoms with Crippen molar-refractivity contribution >= 4 is 27.7 Å². The van der Waals surface area contributed by atoms with Crippen molar-refractivity contribution in [1.82, 2.24) is 0 Å². The number of rotatable bonds is 4. The van der Waals surface area contributed by atoms with E-state index in [9.17, 15) is 5.11 Å². The largest absolute Gasteiger partial charge is 0.392 e. The number of benzene rings is 1. The van der Waals surface area contributed by atoms with Gasteiger partial charge in [-0.1, -0.05) is 28.9 Å². The van der Waals surface area contributed by atoms with E-state index < -0.39 is 0 Å². The maximum Gasteiger partial charge on any atom is 0.0631 e. The molecule has 1 rings (SSSR count). The van der Waals surface area contributed by atoms with E-state index in [1.807, 2.05) is 32.9 Å². The van der Waals surface area contributed by atoms with Crippen molar-refractivity contribution < 1.29 is 5.11 Å². The van der Waals surface area contributed by atoms with E-state index in [2.05, 4.69) is 22.0 Å². The number of thioether (sulfide) groups is 1. The van der Waals surface area contributed by atoms with Gasteiger partial charge in [0.25, 0.3) is 0 Å². The fraction of sp³-hybridized carbons (Fsp3) is 0.500. The predicted octanol–water partition coefficient (Wildman–Crippen LogP) is 3.33. The third kappa shape index (κ3) is 3.77. The van der Waals surface area contributed by atoms with Gasteiger partial charge in [0.05, 0.1) is 6.10 Å². The van der Waals surface area contributed by atoms with E-state index >= 15 is 0 Å². The smallest absolute Gasteiger partial charge is 0.0631 e. The van der Waals surface area contributed by atoms with Crippen molar-refractivity contribution in [3.8, 4) is 0 Å². The van der Waals surface area contributed by atoms with Gasteiger partial charge in [0, 0.05) is 20.7 Å². The van der Waals surface area contributed by atoms with Gasteiger partial charge in [-0.2, -0.15) is 0 Å². The van der Waals surface area contributed by atoms with Gasteiger partial charge < -0.3 is 10.8 Å².